The molecule has 32 heavy (non-hydrogen) atoms. The smallest absolute Gasteiger partial charge is 0.161 e. The van der Waals surface area contributed by atoms with Gasteiger partial charge in [0.05, 0.1) is 37.4 Å². The van der Waals surface area contributed by atoms with E-state index in [0.717, 1.165) is 22.2 Å². The summed E-state index contributed by atoms with van der Waals surface area (Å²) in [5.41, 5.74) is 3.78. The summed E-state index contributed by atoms with van der Waals surface area (Å²) >= 11 is 12.5. The van der Waals surface area contributed by atoms with Gasteiger partial charge in [-0.05, 0) is 53.6 Å². The SMILES string of the molecule is COc1ccc(/C=C(\C#N)c2nc3ccccc3n2Cc2ccc(Cl)cc2Cl)cc1OC. The van der Waals surface area contributed by atoms with Crippen molar-refractivity contribution in [1.82, 2.24) is 9.55 Å². The van der Waals surface area contributed by atoms with Crippen LogP contribution in [0.3, 0.4) is 0 Å². The van der Waals surface area contributed by atoms with Crippen molar-refractivity contribution < 1.29 is 9.47 Å². The van der Waals surface area contributed by atoms with E-state index in [-0.39, 0.29) is 0 Å². The summed E-state index contributed by atoms with van der Waals surface area (Å²) in [6.45, 7) is 0.441. The molecule has 0 N–H and O–H groups in total. The third kappa shape index (κ3) is 4.29. The van der Waals surface area contributed by atoms with Crippen molar-refractivity contribution in [3.8, 4) is 17.6 Å². The van der Waals surface area contributed by atoms with Crippen LogP contribution < -0.4 is 9.47 Å². The highest BCUT2D eigenvalue weighted by Crippen LogP contribution is 2.31. The number of methoxy groups -OCH3 is 2. The molecular weight excluding hydrogens is 445 g/mol. The van der Waals surface area contributed by atoms with Crippen molar-refractivity contribution >= 4 is 45.9 Å². The van der Waals surface area contributed by atoms with Crippen LogP contribution in [0.25, 0.3) is 22.7 Å². The lowest BCUT2D eigenvalue weighted by Crippen LogP contribution is -2.05. The van der Waals surface area contributed by atoms with Crippen molar-refractivity contribution in [2.24, 2.45) is 0 Å². The fourth-order valence-corrected chi connectivity index (χ4v) is 3.99. The molecule has 0 radical (unpaired) electrons. The molecule has 0 unspecified atom stereocenters. The van der Waals surface area contributed by atoms with E-state index in [9.17, 15) is 5.26 Å². The summed E-state index contributed by atoms with van der Waals surface area (Å²) in [6, 6.07) is 20.9. The van der Waals surface area contributed by atoms with Crippen LogP contribution in [0.5, 0.6) is 11.5 Å². The van der Waals surface area contributed by atoms with Gasteiger partial charge in [0.2, 0.25) is 0 Å². The summed E-state index contributed by atoms with van der Waals surface area (Å²) in [7, 11) is 3.16. The minimum absolute atomic E-state index is 0.415. The van der Waals surface area contributed by atoms with E-state index in [0.29, 0.717) is 39.5 Å². The zero-order chi connectivity index (χ0) is 22.7. The second kappa shape index (κ2) is 9.35. The molecule has 0 aliphatic carbocycles. The molecule has 0 amide bonds. The van der Waals surface area contributed by atoms with Gasteiger partial charge in [0.1, 0.15) is 6.07 Å². The lowest BCUT2D eigenvalue weighted by molar-refractivity contribution is 0.355. The van der Waals surface area contributed by atoms with E-state index in [2.05, 4.69) is 6.07 Å². The molecule has 0 saturated carbocycles. The quantitative estimate of drug-likeness (QED) is 0.307. The van der Waals surface area contributed by atoms with Crippen molar-refractivity contribution in [1.29, 1.82) is 5.26 Å². The van der Waals surface area contributed by atoms with Gasteiger partial charge in [-0.2, -0.15) is 5.26 Å². The normalized spacial score (nSPS) is 11.4. The molecule has 160 valence electrons. The molecule has 0 saturated heterocycles. The van der Waals surface area contributed by atoms with Gasteiger partial charge in [0, 0.05) is 10.0 Å². The first-order valence-corrected chi connectivity index (χ1v) is 10.5. The van der Waals surface area contributed by atoms with E-state index in [1.165, 1.54) is 0 Å². The summed E-state index contributed by atoms with van der Waals surface area (Å²) in [6.07, 6.45) is 1.78. The first-order chi connectivity index (χ1) is 15.5. The molecule has 4 rings (SSSR count). The molecule has 0 bridgehead atoms. The van der Waals surface area contributed by atoms with Gasteiger partial charge in [-0.25, -0.2) is 4.98 Å². The third-order valence-corrected chi connectivity index (χ3v) is 5.67. The highest BCUT2D eigenvalue weighted by Gasteiger charge is 2.16. The fraction of sp³-hybridized carbons (Fsp3) is 0.120. The molecule has 5 nitrogen and oxygen atoms in total. The number of benzene rings is 3. The second-order valence-electron chi connectivity index (χ2n) is 7.03. The van der Waals surface area contributed by atoms with Crippen LogP contribution in [0.4, 0.5) is 0 Å². The lowest BCUT2D eigenvalue weighted by atomic mass is 10.1. The Kier molecular flexibility index (Phi) is 6.36. The van der Waals surface area contributed by atoms with Gasteiger partial charge in [-0.15, -0.1) is 0 Å². The largest absolute Gasteiger partial charge is 0.493 e. The number of nitriles is 1. The first-order valence-electron chi connectivity index (χ1n) is 9.77. The van der Waals surface area contributed by atoms with E-state index in [1.54, 1.807) is 38.5 Å². The van der Waals surface area contributed by atoms with Crippen LogP contribution in [0.15, 0.2) is 60.7 Å². The fourth-order valence-electron chi connectivity index (χ4n) is 3.52. The van der Waals surface area contributed by atoms with Crippen LogP contribution in [0.2, 0.25) is 10.0 Å². The Balaban J connectivity index is 1.85. The number of hydrogen-bond acceptors (Lipinski definition) is 4. The number of hydrogen-bond donors (Lipinski definition) is 0. The minimum Gasteiger partial charge on any atom is -0.493 e. The number of ether oxygens (including phenoxy) is 2. The highest BCUT2D eigenvalue weighted by atomic mass is 35.5. The standard InChI is InChI=1S/C25H19Cl2N3O2/c1-31-23-10-7-16(12-24(23)32-2)11-18(14-28)25-29-21-5-3-4-6-22(21)30(25)15-17-8-9-19(26)13-20(17)27/h3-13H,15H2,1-2H3/b18-11+. The molecule has 0 atom stereocenters. The maximum atomic E-state index is 10.0. The Hall–Kier alpha value is -3.46. The van der Waals surface area contributed by atoms with Crippen LogP contribution >= 0.6 is 23.2 Å². The van der Waals surface area contributed by atoms with Crippen molar-refractivity contribution in [2.45, 2.75) is 6.54 Å². The second-order valence-corrected chi connectivity index (χ2v) is 7.87. The lowest BCUT2D eigenvalue weighted by Gasteiger charge is -2.11. The Morgan fingerprint density at radius 1 is 1.03 bits per heavy atom. The maximum Gasteiger partial charge on any atom is 0.161 e. The monoisotopic (exact) mass is 463 g/mol. The number of imidazole rings is 1. The summed E-state index contributed by atoms with van der Waals surface area (Å²) in [4.78, 5) is 4.75. The molecule has 0 aliphatic heterocycles. The molecule has 0 spiro atoms. The Bertz CT molecular complexity index is 1370. The average Bonchev–Trinajstić information content (AvgIpc) is 3.17. The third-order valence-electron chi connectivity index (χ3n) is 5.08. The van der Waals surface area contributed by atoms with Crippen LogP contribution in [0, 0.1) is 11.3 Å². The zero-order valence-corrected chi connectivity index (χ0v) is 19.0. The maximum absolute atomic E-state index is 10.0. The molecule has 0 fully saturated rings. The van der Waals surface area contributed by atoms with Crippen LogP contribution in [0.1, 0.15) is 17.0 Å². The summed E-state index contributed by atoms with van der Waals surface area (Å²) < 4.78 is 12.7. The topological polar surface area (TPSA) is 60.1 Å². The van der Waals surface area contributed by atoms with Crippen LogP contribution in [-0.2, 0) is 6.54 Å². The van der Waals surface area contributed by atoms with E-state index in [4.69, 9.17) is 37.7 Å². The minimum atomic E-state index is 0.415. The molecule has 1 heterocycles. The molecular formula is C25H19Cl2N3O2. The molecule has 0 aliphatic rings. The number of allylic oxidation sites excluding steroid dienone is 1. The highest BCUT2D eigenvalue weighted by molar-refractivity contribution is 6.35. The summed E-state index contributed by atoms with van der Waals surface area (Å²) in [5, 5.41) is 11.1. The van der Waals surface area contributed by atoms with Crippen LogP contribution in [-0.4, -0.2) is 23.8 Å². The summed E-state index contributed by atoms with van der Waals surface area (Å²) in [5.74, 6) is 1.75. The van der Waals surface area contributed by atoms with Gasteiger partial charge >= 0.3 is 0 Å². The number of nitrogens with zero attached hydrogens (tertiary/aromatic N) is 3. The average molecular weight is 464 g/mol. The van der Waals surface area contributed by atoms with Gasteiger partial charge in [-0.3, -0.25) is 0 Å². The van der Waals surface area contributed by atoms with Gasteiger partial charge in [-0.1, -0.05) is 47.5 Å². The molecule has 3 aromatic carbocycles. The Labute approximate surface area is 196 Å². The Morgan fingerprint density at radius 2 is 1.81 bits per heavy atom. The van der Waals surface area contributed by atoms with Gasteiger partial charge < -0.3 is 14.0 Å². The van der Waals surface area contributed by atoms with Gasteiger partial charge in [0.15, 0.2) is 17.3 Å². The van der Waals surface area contributed by atoms with E-state index < -0.39 is 0 Å². The van der Waals surface area contributed by atoms with Crippen molar-refractivity contribution in [3.63, 3.8) is 0 Å². The molecule has 7 heteroatoms. The zero-order valence-electron chi connectivity index (χ0n) is 17.5. The number of aromatic nitrogens is 2. The van der Waals surface area contributed by atoms with Crippen molar-refractivity contribution in [2.75, 3.05) is 14.2 Å². The molecule has 1 aromatic heterocycles. The van der Waals surface area contributed by atoms with Gasteiger partial charge in [0.25, 0.3) is 0 Å². The molecule has 4 aromatic rings. The predicted molar refractivity (Wildman–Crippen MR) is 128 cm³/mol. The number of para-hydroxylation sites is 2. The van der Waals surface area contributed by atoms with E-state index >= 15 is 0 Å². The predicted octanol–water partition coefficient (Wildman–Crippen LogP) is 6.47. The number of fused-ring (bicyclic) bond motifs is 1. The Morgan fingerprint density at radius 3 is 2.53 bits per heavy atom. The first kappa shape index (κ1) is 21.8. The number of halogens is 2. The number of rotatable bonds is 6. The van der Waals surface area contributed by atoms with E-state index in [1.807, 2.05) is 47.0 Å². The van der Waals surface area contributed by atoms with Crippen molar-refractivity contribution in [3.05, 3.63) is 87.7 Å².